The van der Waals surface area contributed by atoms with E-state index in [-0.39, 0.29) is 26.0 Å². The number of amides is 1. The number of hydrogen-bond donors (Lipinski definition) is 0. The Hall–Kier alpha value is -3.97. The molecule has 196 valence electrons. The van der Waals surface area contributed by atoms with E-state index in [0.717, 1.165) is 16.7 Å². The second-order valence-electron chi connectivity index (χ2n) is 9.77. The number of esters is 2. The first-order valence-electron chi connectivity index (χ1n) is 12.9. The van der Waals surface area contributed by atoms with Gasteiger partial charge in [-0.15, -0.1) is 0 Å². The minimum Gasteiger partial charge on any atom is -0.465 e. The fraction of sp³-hybridized carbons (Fsp3) is 0.323. The van der Waals surface area contributed by atoms with Gasteiger partial charge in [-0.1, -0.05) is 91.0 Å². The van der Waals surface area contributed by atoms with Gasteiger partial charge in [-0.3, -0.25) is 14.4 Å². The van der Waals surface area contributed by atoms with Gasteiger partial charge >= 0.3 is 11.9 Å². The molecule has 7 heteroatoms. The normalized spacial score (nSPS) is 23.9. The lowest BCUT2D eigenvalue weighted by Crippen LogP contribution is -2.66. The fourth-order valence-corrected chi connectivity index (χ4v) is 5.89. The summed E-state index contributed by atoms with van der Waals surface area (Å²) in [5.41, 5.74) is -0.733. The van der Waals surface area contributed by atoms with Crippen LogP contribution in [0.3, 0.4) is 0 Å². The predicted molar refractivity (Wildman–Crippen MR) is 139 cm³/mol. The Labute approximate surface area is 222 Å². The van der Waals surface area contributed by atoms with Gasteiger partial charge in [0, 0.05) is 32.9 Å². The summed E-state index contributed by atoms with van der Waals surface area (Å²) in [6.45, 7) is 3.56. The van der Waals surface area contributed by atoms with Crippen LogP contribution in [0.5, 0.6) is 0 Å². The number of carbonyl (C=O) groups excluding carboxylic acids is 3. The van der Waals surface area contributed by atoms with Crippen molar-refractivity contribution in [1.82, 2.24) is 4.90 Å². The van der Waals surface area contributed by atoms with Crippen LogP contribution in [0, 0.1) is 5.41 Å². The van der Waals surface area contributed by atoms with Crippen LogP contribution in [0.15, 0.2) is 91.0 Å². The molecule has 2 heterocycles. The number of rotatable bonds is 7. The van der Waals surface area contributed by atoms with Crippen LogP contribution in [-0.2, 0) is 40.7 Å². The molecule has 3 aromatic carbocycles. The van der Waals surface area contributed by atoms with Crippen molar-refractivity contribution in [3.05, 3.63) is 108 Å². The van der Waals surface area contributed by atoms with Crippen LogP contribution in [0.2, 0.25) is 0 Å². The molecule has 5 rings (SSSR count). The number of fused-ring (bicyclic) bond motifs is 1. The molecular formula is C31H31NO6. The van der Waals surface area contributed by atoms with Crippen LogP contribution < -0.4 is 0 Å². The highest BCUT2D eigenvalue weighted by Crippen LogP contribution is 2.62. The van der Waals surface area contributed by atoms with E-state index in [0.29, 0.717) is 6.54 Å². The zero-order valence-electron chi connectivity index (χ0n) is 21.6. The molecule has 0 bridgehead atoms. The summed E-state index contributed by atoms with van der Waals surface area (Å²) < 4.78 is 18.4. The van der Waals surface area contributed by atoms with Gasteiger partial charge < -0.3 is 19.1 Å². The van der Waals surface area contributed by atoms with Crippen LogP contribution >= 0.6 is 0 Å². The number of hydrogen-bond acceptors (Lipinski definition) is 6. The molecule has 2 aliphatic heterocycles. The molecule has 0 aromatic heterocycles. The molecule has 1 amide bonds. The highest BCUT2D eigenvalue weighted by molar-refractivity contribution is 6.05. The molecule has 0 spiro atoms. The van der Waals surface area contributed by atoms with Crippen molar-refractivity contribution >= 4 is 17.8 Å². The van der Waals surface area contributed by atoms with Gasteiger partial charge in [-0.05, 0) is 23.6 Å². The van der Waals surface area contributed by atoms with E-state index in [1.54, 1.807) is 11.8 Å². The third-order valence-corrected chi connectivity index (χ3v) is 7.50. The molecule has 0 N–H and O–H groups in total. The van der Waals surface area contributed by atoms with Crippen molar-refractivity contribution in [3.8, 4) is 0 Å². The van der Waals surface area contributed by atoms with Gasteiger partial charge in [-0.25, -0.2) is 0 Å². The minimum absolute atomic E-state index is 0.0619. The first kappa shape index (κ1) is 25.7. The number of piperidine rings is 1. The average Bonchev–Trinajstić information content (AvgIpc) is 3.25. The maximum atomic E-state index is 14.5. The maximum absolute atomic E-state index is 14.5. The topological polar surface area (TPSA) is 82.1 Å². The standard InChI is InChI=1S/C31H31NO6/c1-3-36-28(35)29-22-30(25-15-9-5-10-16-25,26-17-11-6-12-18-26)38-31(29,37-23(2)33)19-20-32(27(29)34)21-24-13-7-4-8-14-24/h4-18H,3,19-22H2,1-2H3. The van der Waals surface area contributed by atoms with E-state index < -0.39 is 34.6 Å². The summed E-state index contributed by atoms with van der Waals surface area (Å²) in [6, 6.07) is 28.5. The number of benzene rings is 3. The third kappa shape index (κ3) is 4.07. The van der Waals surface area contributed by atoms with Crippen LogP contribution in [-0.4, -0.2) is 41.7 Å². The summed E-state index contributed by atoms with van der Waals surface area (Å²) >= 11 is 0. The quantitative estimate of drug-likeness (QED) is 0.340. The lowest BCUT2D eigenvalue weighted by atomic mass is 9.67. The third-order valence-electron chi connectivity index (χ3n) is 7.50. The second-order valence-corrected chi connectivity index (χ2v) is 9.77. The molecule has 3 aromatic rings. The zero-order chi connectivity index (χ0) is 26.8. The molecular weight excluding hydrogens is 482 g/mol. The molecule has 0 aliphatic carbocycles. The van der Waals surface area contributed by atoms with Crippen LogP contribution in [0.1, 0.15) is 43.4 Å². The Morgan fingerprint density at radius 3 is 1.97 bits per heavy atom. The van der Waals surface area contributed by atoms with E-state index in [1.807, 2.05) is 91.0 Å². The summed E-state index contributed by atoms with van der Waals surface area (Å²) in [5.74, 6) is -3.71. The lowest BCUT2D eigenvalue weighted by molar-refractivity contribution is -0.278. The number of likely N-dealkylation sites (tertiary alicyclic amines) is 1. The minimum atomic E-state index is -1.91. The van der Waals surface area contributed by atoms with Crippen molar-refractivity contribution in [1.29, 1.82) is 0 Å². The maximum Gasteiger partial charge on any atom is 0.328 e. The van der Waals surface area contributed by atoms with Crippen molar-refractivity contribution in [2.45, 2.75) is 44.6 Å². The lowest BCUT2D eigenvalue weighted by Gasteiger charge is -2.47. The first-order valence-corrected chi connectivity index (χ1v) is 12.9. The molecule has 2 atom stereocenters. The van der Waals surface area contributed by atoms with E-state index in [9.17, 15) is 14.4 Å². The first-order chi connectivity index (χ1) is 18.4. The zero-order valence-corrected chi connectivity index (χ0v) is 21.6. The van der Waals surface area contributed by atoms with Gasteiger partial charge in [0.1, 0.15) is 5.60 Å². The number of carbonyl (C=O) groups is 3. The van der Waals surface area contributed by atoms with Gasteiger partial charge in [0.05, 0.1) is 6.61 Å². The Kier molecular flexibility index (Phi) is 6.80. The predicted octanol–water partition coefficient (Wildman–Crippen LogP) is 4.59. The largest absolute Gasteiger partial charge is 0.465 e. The SMILES string of the molecule is CCOC(=O)C12CC(c3ccccc3)(c3ccccc3)OC1(OC(C)=O)CCN(Cc1ccccc1)C2=O. The molecule has 2 saturated heterocycles. The van der Waals surface area contributed by atoms with Crippen molar-refractivity contribution in [3.63, 3.8) is 0 Å². The highest BCUT2D eigenvalue weighted by Gasteiger charge is 2.78. The van der Waals surface area contributed by atoms with Crippen molar-refractivity contribution in [2.75, 3.05) is 13.2 Å². The molecule has 2 aliphatic rings. The van der Waals surface area contributed by atoms with Gasteiger partial charge in [0.2, 0.25) is 17.1 Å². The highest BCUT2D eigenvalue weighted by atomic mass is 16.7. The van der Waals surface area contributed by atoms with E-state index in [2.05, 4.69) is 0 Å². The molecule has 7 nitrogen and oxygen atoms in total. The van der Waals surface area contributed by atoms with Crippen molar-refractivity contribution in [2.24, 2.45) is 5.41 Å². The summed E-state index contributed by atoms with van der Waals surface area (Å²) in [5, 5.41) is 0. The monoisotopic (exact) mass is 513 g/mol. The van der Waals surface area contributed by atoms with E-state index in [4.69, 9.17) is 14.2 Å². The van der Waals surface area contributed by atoms with E-state index in [1.165, 1.54) is 6.92 Å². The Balaban J connectivity index is 1.72. The fourth-order valence-electron chi connectivity index (χ4n) is 5.89. The summed E-state index contributed by atoms with van der Waals surface area (Å²) in [6.07, 6.45) is 0.0373. The summed E-state index contributed by atoms with van der Waals surface area (Å²) in [7, 11) is 0. The Bertz CT molecular complexity index is 1270. The molecule has 0 radical (unpaired) electrons. The Morgan fingerprint density at radius 1 is 0.895 bits per heavy atom. The molecule has 2 unspecified atom stereocenters. The van der Waals surface area contributed by atoms with Crippen molar-refractivity contribution < 1.29 is 28.6 Å². The Morgan fingerprint density at radius 2 is 1.45 bits per heavy atom. The van der Waals surface area contributed by atoms with E-state index >= 15 is 0 Å². The molecule has 2 fully saturated rings. The van der Waals surface area contributed by atoms with Crippen LogP contribution in [0.25, 0.3) is 0 Å². The number of ether oxygens (including phenoxy) is 3. The van der Waals surface area contributed by atoms with Crippen LogP contribution in [0.4, 0.5) is 0 Å². The smallest absolute Gasteiger partial charge is 0.328 e. The van der Waals surface area contributed by atoms with Gasteiger partial charge in [-0.2, -0.15) is 0 Å². The second kappa shape index (κ2) is 10.1. The molecule has 38 heavy (non-hydrogen) atoms. The summed E-state index contributed by atoms with van der Waals surface area (Å²) in [4.78, 5) is 42.7. The average molecular weight is 514 g/mol. The van der Waals surface area contributed by atoms with Gasteiger partial charge in [0.15, 0.2) is 0 Å². The number of nitrogens with zero attached hydrogens (tertiary/aromatic N) is 1. The molecule has 0 saturated carbocycles. The van der Waals surface area contributed by atoms with Gasteiger partial charge in [0.25, 0.3) is 0 Å².